The number of aromatic nitrogens is 2. The molecule has 0 radical (unpaired) electrons. The lowest BCUT2D eigenvalue weighted by Crippen LogP contribution is -1.94. The maximum atomic E-state index is 9.54. The lowest BCUT2D eigenvalue weighted by atomic mass is 10.1. The highest BCUT2D eigenvalue weighted by Gasteiger charge is 2.01. The van der Waals surface area contributed by atoms with E-state index < -0.39 is 0 Å². The second kappa shape index (κ2) is 5.00. The van der Waals surface area contributed by atoms with Gasteiger partial charge in [-0.1, -0.05) is 25.6 Å². The van der Waals surface area contributed by atoms with Crippen molar-refractivity contribution in [2.45, 2.75) is 19.0 Å². The molecule has 0 unspecified atom stereocenters. The zero-order valence-electron chi connectivity index (χ0n) is 8.56. The van der Waals surface area contributed by atoms with Gasteiger partial charge in [0.05, 0.1) is 11.5 Å². The van der Waals surface area contributed by atoms with Crippen LogP contribution in [-0.2, 0) is 0 Å². The fourth-order valence-corrected chi connectivity index (χ4v) is 1.21. The summed E-state index contributed by atoms with van der Waals surface area (Å²) in [5.41, 5.74) is 0.746. The maximum absolute atomic E-state index is 9.54. The van der Waals surface area contributed by atoms with E-state index in [-0.39, 0.29) is 5.92 Å². The number of allylic oxidation sites excluding steroid dienone is 1. The predicted molar refractivity (Wildman–Crippen MR) is 59.3 cm³/mol. The summed E-state index contributed by atoms with van der Waals surface area (Å²) in [6.45, 7) is 3.87. The summed E-state index contributed by atoms with van der Waals surface area (Å²) < 4.78 is 0. The molecule has 0 fully saturated rings. The highest BCUT2D eigenvalue weighted by atomic mass is 32.2. The van der Waals surface area contributed by atoms with Crippen LogP contribution in [0.1, 0.15) is 19.5 Å². The summed E-state index contributed by atoms with van der Waals surface area (Å²) in [5.74, 6) is 0.471. The Morgan fingerprint density at radius 3 is 2.86 bits per heavy atom. The van der Waals surface area contributed by atoms with Gasteiger partial charge in [0.2, 0.25) is 0 Å². The molecule has 76 valence electrons. The van der Waals surface area contributed by atoms with Crippen LogP contribution in [0.2, 0.25) is 0 Å². The SMILES string of the molecule is CSc1nccc(/C=C(/O)C(C)C)n1. The Bertz CT molecular complexity index is 337. The Labute approximate surface area is 88.3 Å². The van der Waals surface area contributed by atoms with E-state index >= 15 is 0 Å². The predicted octanol–water partition coefficient (Wildman–Crippen LogP) is 2.75. The van der Waals surface area contributed by atoms with Gasteiger partial charge >= 0.3 is 0 Å². The number of aliphatic hydroxyl groups is 1. The van der Waals surface area contributed by atoms with Gasteiger partial charge in [-0.3, -0.25) is 0 Å². The van der Waals surface area contributed by atoms with E-state index in [0.29, 0.717) is 5.76 Å². The van der Waals surface area contributed by atoms with E-state index in [1.54, 1.807) is 18.3 Å². The van der Waals surface area contributed by atoms with Crippen molar-refractivity contribution in [2.24, 2.45) is 5.92 Å². The first-order valence-electron chi connectivity index (χ1n) is 4.41. The molecular formula is C10H14N2OS. The number of hydrogen-bond donors (Lipinski definition) is 1. The molecule has 3 nitrogen and oxygen atoms in total. The zero-order chi connectivity index (χ0) is 10.6. The van der Waals surface area contributed by atoms with E-state index in [9.17, 15) is 5.11 Å². The zero-order valence-corrected chi connectivity index (χ0v) is 9.38. The maximum Gasteiger partial charge on any atom is 0.187 e. The molecule has 0 aromatic carbocycles. The molecule has 0 spiro atoms. The molecule has 1 aromatic rings. The summed E-state index contributed by atoms with van der Waals surface area (Å²) in [6.07, 6.45) is 5.29. The minimum atomic E-state index is 0.127. The van der Waals surface area contributed by atoms with Gasteiger partial charge in [-0.05, 0) is 12.3 Å². The average Bonchev–Trinajstić information content (AvgIpc) is 2.18. The van der Waals surface area contributed by atoms with Crippen molar-refractivity contribution in [3.05, 3.63) is 23.7 Å². The van der Waals surface area contributed by atoms with Crippen LogP contribution in [0.4, 0.5) is 0 Å². The Morgan fingerprint density at radius 1 is 1.57 bits per heavy atom. The van der Waals surface area contributed by atoms with Crippen molar-refractivity contribution in [3.8, 4) is 0 Å². The van der Waals surface area contributed by atoms with E-state index in [4.69, 9.17) is 0 Å². The first-order valence-corrected chi connectivity index (χ1v) is 5.63. The average molecular weight is 210 g/mol. The van der Waals surface area contributed by atoms with Gasteiger partial charge in [0.25, 0.3) is 0 Å². The van der Waals surface area contributed by atoms with Gasteiger partial charge in [-0.25, -0.2) is 9.97 Å². The molecule has 1 rings (SSSR count). The second-order valence-corrected chi connectivity index (χ2v) is 3.97. The molecule has 0 aliphatic heterocycles. The minimum Gasteiger partial charge on any atom is -0.512 e. The first kappa shape index (κ1) is 11.0. The standard InChI is InChI=1S/C10H14N2OS/c1-7(2)9(13)6-8-4-5-11-10(12-8)14-3/h4-7,13H,1-3H3/b9-6+. The fraction of sp³-hybridized carbons (Fsp3) is 0.400. The normalized spacial score (nSPS) is 12.1. The molecule has 0 amide bonds. The van der Waals surface area contributed by atoms with E-state index in [1.165, 1.54) is 11.8 Å². The summed E-state index contributed by atoms with van der Waals surface area (Å²) in [6, 6.07) is 1.78. The fourth-order valence-electron chi connectivity index (χ4n) is 0.851. The monoisotopic (exact) mass is 210 g/mol. The Morgan fingerprint density at radius 2 is 2.29 bits per heavy atom. The highest BCUT2D eigenvalue weighted by molar-refractivity contribution is 7.98. The molecular weight excluding hydrogens is 196 g/mol. The Hall–Kier alpha value is -1.03. The minimum absolute atomic E-state index is 0.127. The lowest BCUT2D eigenvalue weighted by molar-refractivity contribution is 0.357. The van der Waals surface area contributed by atoms with E-state index in [1.807, 2.05) is 20.1 Å². The molecule has 4 heteroatoms. The van der Waals surface area contributed by atoms with Crippen LogP contribution in [-0.4, -0.2) is 21.3 Å². The summed E-state index contributed by atoms with van der Waals surface area (Å²) >= 11 is 1.49. The molecule has 1 N–H and O–H groups in total. The third-order valence-corrected chi connectivity index (χ3v) is 2.29. The second-order valence-electron chi connectivity index (χ2n) is 3.19. The first-order chi connectivity index (χ1) is 6.63. The molecule has 0 bridgehead atoms. The van der Waals surface area contributed by atoms with E-state index in [0.717, 1.165) is 10.9 Å². The van der Waals surface area contributed by atoms with Crippen molar-refractivity contribution in [2.75, 3.05) is 6.26 Å². The third-order valence-electron chi connectivity index (χ3n) is 1.72. The smallest absolute Gasteiger partial charge is 0.187 e. The van der Waals surface area contributed by atoms with Gasteiger partial charge in [0.1, 0.15) is 0 Å². The molecule has 0 saturated carbocycles. The van der Waals surface area contributed by atoms with E-state index in [2.05, 4.69) is 9.97 Å². The van der Waals surface area contributed by atoms with Gasteiger partial charge in [0.15, 0.2) is 5.16 Å². The van der Waals surface area contributed by atoms with Crippen LogP contribution in [0.15, 0.2) is 23.2 Å². The number of thioether (sulfide) groups is 1. The van der Waals surface area contributed by atoms with Crippen molar-refractivity contribution in [1.82, 2.24) is 9.97 Å². The van der Waals surface area contributed by atoms with Crippen LogP contribution in [0.25, 0.3) is 6.08 Å². The van der Waals surface area contributed by atoms with Crippen LogP contribution < -0.4 is 0 Å². The topological polar surface area (TPSA) is 46.0 Å². The molecule has 1 aromatic heterocycles. The van der Waals surface area contributed by atoms with Crippen LogP contribution >= 0.6 is 11.8 Å². The number of aliphatic hydroxyl groups excluding tert-OH is 1. The van der Waals surface area contributed by atoms with Gasteiger partial charge in [-0.2, -0.15) is 0 Å². The van der Waals surface area contributed by atoms with Gasteiger partial charge in [-0.15, -0.1) is 0 Å². The number of hydrogen-bond acceptors (Lipinski definition) is 4. The van der Waals surface area contributed by atoms with Crippen molar-refractivity contribution in [1.29, 1.82) is 0 Å². The van der Waals surface area contributed by atoms with Gasteiger partial charge in [0, 0.05) is 18.2 Å². The summed E-state index contributed by atoms with van der Waals surface area (Å²) in [5, 5.41) is 10.3. The molecule has 1 heterocycles. The molecule has 0 atom stereocenters. The van der Waals surface area contributed by atoms with Crippen LogP contribution in [0, 0.1) is 5.92 Å². The highest BCUT2D eigenvalue weighted by Crippen LogP contribution is 2.12. The largest absolute Gasteiger partial charge is 0.512 e. The molecule has 0 aliphatic rings. The third kappa shape index (κ3) is 3.03. The quantitative estimate of drug-likeness (QED) is 0.473. The summed E-state index contributed by atoms with van der Waals surface area (Å²) in [4.78, 5) is 8.28. The van der Waals surface area contributed by atoms with Gasteiger partial charge < -0.3 is 5.11 Å². The number of nitrogens with zero attached hydrogens (tertiary/aromatic N) is 2. The van der Waals surface area contributed by atoms with Crippen molar-refractivity contribution >= 4 is 17.8 Å². The lowest BCUT2D eigenvalue weighted by Gasteiger charge is -2.03. The van der Waals surface area contributed by atoms with Crippen LogP contribution in [0.3, 0.4) is 0 Å². The molecule has 14 heavy (non-hydrogen) atoms. The van der Waals surface area contributed by atoms with Crippen LogP contribution in [0.5, 0.6) is 0 Å². The van der Waals surface area contributed by atoms with Crippen molar-refractivity contribution < 1.29 is 5.11 Å². The summed E-state index contributed by atoms with van der Waals surface area (Å²) in [7, 11) is 0. The Balaban J connectivity index is 2.91. The molecule has 0 saturated heterocycles. The number of rotatable bonds is 3. The Kier molecular flexibility index (Phi) is 3.95. The molecule has 0 aliphatic carbocycles. The van der Waals surface area contributed by atoms with Crippen molar-refractivity contribution in [3.63, 3.8) is 0 Å².